The van der Waals surface area contributed by atoms with Crippen LogP contribution in [-0.4, -0.2) is 27.3 Å². The van der Waals surface area contributed by atoms with Crippen LogP contribution in [0.4, 0.5) is 0 Å². The number of hydrogen-bond donors (Lipinski definition) is 1. The molecule has 14 heavy (non-hydrogen) atoms. The van der Waals surface area contributed by atoms with Crippen LogP contribution in [0.2, 0.25) is 0 Å². The maximum Gasteiger partial charge on any atom is 0.0412 e. The lowest BCUT2D eigenvalue weighted by Gasteiger charge is -2.44. The van der Waals surface area contributed by atoms with Gasteiger partial charge in [-0.1, -0.05) is 20.8 Å². The summed E-state index contributed by atoms with van der Waals surface area (Å²) in [5, 5.41) is 3.62. The Morgan fingerprint density at radius 1 is 1.50 bits per heavy atom. The average Bonchev–Trinajstić information content (AvgIpc) is 2.00. The maximum atomic E-state index is 11.7. The molecule has 0 aromatic heterocycles. The van der Waals surface area contributed by atoms with Gasteiger partial charge < -0.3 is 5.32 Å². The van der Waals surface area contributed by atoms with E-state index in [-0.39, 0.29) is 11.0 Å². The van der Waals surface area contributed by atoms with Crippen molar-refractivity contribution in [3.63, 3.8) is 0 Å². The predicted octanol–water partition coefficient (Wildman–Crippen LogP) is 1.92. The fraction of sp³-hybridized carbons (Fsp3) is 1.00. The molecule has 3 heteroatoms. The minimum atomic E-state index is -0.650. The van der Waals surface area contributed by atoms with E-state index >= 15 is 0 Å². The molecule has 1 fully saturated rings. The SMILES string of the molecule is CCC(C)(C)C1CS(=O)CC(C)(C)N1. The van der Waals surface area contributed by atoms with Crippen molar-refractivity contribution in [3.05, 3.63) is 0 Å². The maximum absolute atomic E-state index is 11.7. The Hall–Kier alpha value is 0.110. The summed E-state index contributed by atoms with van der Waals surface area (Å²) in [5.74, 6) is 1.59. The highest BCUT2D eigenvalue weighted by molar-refractivity contribution is 7.85. The zero-order valence-electron chi connectivity index (χ0n) is 10.0. The highest BCUT2D eigenvalue weighted by Crippen LogP contribution is 2.29. The van der Waals surface area contributed by atoms with Crippen molar-refractivity contribution < 1.29 is 4.21 Å². The van der Waals surface area contributed by atoms with Crippen molar-refractivity contribution in [1.29, 1.82) is 0 Å². The quantitative estimate of drug-likeness (QED) is 0.765. The molecule has 1 saturated heterocycles. The Bertz CT molecular complexity index is 235. The highest BCUT2D eigenvalue weighted by Gasteiger charge is 2.38. The van der Waals surface area contributed by atoms with Gasteiger partial charge in [-0.25, -0.2) is 0 Å². The first-order valence-corrected chi connectivity index (χ1v) is 6.88. The van der Waals surface area contributed by atoms with Crippen molar-refractivity contribution in [2.24, 2.45) is 5.41 Å². The zero-order valence-corrected chi connectivity index (χ0v) is 10.8. The van der Waals surface area contributed by atoms with E-state index in [1.54, 1.807) is 0 Å². The molecule has 1 heterocycles. The van der Waals surface area contributed by atoms with Gasteiger partial charge in [0.05, 0.1) is 0 Å². The molecule has 0 bridgehead atoms. The number of hydrogen-bond acceptors (Lipinski definition) is 2. The Morgan fingerprint density at radius 3 is 2.50 bits per heavy atom. The lowest BCUT2D eigenvalue weighted by Crippen LogP contribution is -2.60. The fourth-order valence-electron chi connectivity index (χ4n) is 1.87. The van der Waals surface area contributed by atoms with Crippen LogP contribution in [0.15, 0.2) is 0 Å². The van der Waals surface area contributed by atoms with Crippen molar-refractivity contribution >= 4 is 10.8 Å². The van der Waals surface area contributed by atoms with Gasteiger partial charge in [0.1, 0.15) is 0 Å². The predicted molar refractivity (Wildman–Crippen MR) is 63.0 cm³/mol. The van der Waals surface area contributed by atoms with E-state index in [2.05, 4.69) is 39.9 Å². The second kappa shape index (κ2) is 3.93. The molecule has 2 unspecified atom stereocenters. The molecule has 0 aliphatic carbocycles. The van der Waals surface area contributed by atoms with Crippen LogP contribution in [0.3, 0.4) is 0 Å². The molecule has 2 nitrogen and oxygen atoms in total. The first kappa shape index (κ1) is 12.2. The Balaban J connectivity index is 2.77. The molecular formula is C11H23NOS. The van der Waals surface area contributed by atoms with Gasteiger partial charge >= 0.3 is 0 Å². The van der Waals surface area contributed by atoms with E-state index in [4.69, 9.17) is 0 Å². The molecule has 0 aromatic rings. The van der Waals surface area contributed by atoms with Gasteiger partial charge in [0, 0.05) is 33.9 Å². The minimum absolute atomic E-state index is 0.0280. The second-order valence-corrected chi connectivity index (χ2v) is 7.18. The number of rotatable bonds is 2. The average molecular weight is 217 g/mol. The molecule has 0 saturated carbocycles. The van der Waals surface area contributed by atoms with E-state index in [1.165, 1.54) is 0 Å². The van der Waals surface area contributed by atoms with E-state index in [9.17, 15) is 4.21 Å². The largest absolute Gasteiger partial charge is 0.307 e. The molecule has 1 rings (SSSR count). The Labute approximate surface area is 90.3 Å². The highest BCUT2D eigenvalue weighted by atomic mass is 32.2. The van der Waals surface area contributed by atoms with Crippen molar-refractivity contribution in [1.82, 2.24) is 5.32 Å². The molecular weight excluding hydrogens is 194 g/mol. The van der Waals surface area contributed by atoms with E-state index in [0.717, 1.165) is 17.9 Å². The standard InChI is InChI=1S/C11H23NOS/c1-6-10(2,3)9-7-14(13)8-11(4,5)12-9/h9,12H,6-8H2,1-5H3. The Morgan fingerprint density at radius 2 is 2.07 bits per heavy atom. The van der Waals surface area contributed by atoms with Crippen LogP contribution in [0.25, 0.3) is 0 Å². The van der Waals surface area contributed by atoms with Crippen LogP contribution >= 0.6 is 0 Å². The summed E-state index contributed by atoms with van der Waals surface area (Å²) in [7, 11) is -0.650. The third-order valence-electron chi connectivity index (χ3n) is 3.29. The smallest absolute Gasteiger partial charge is 0.0412 e. The van der Waals surface area contributed by atoms with E-state index < -0.39 is 10.8 Å². The molecule has 0 spiro atoms. The molecule has 0 radical (unpaired) electrons. The molecule has 2 atom stereocenters. The van der Waals surface area contributed by atoms with Crippen LogP contribution in [-0.2, 0) is 10.8 Å². The van der Waals surface area contributed by atoms with Crippen LogP contribution in [0.1, 0.15) is 41.0 Å². The zero-order chi connectivity index (χ0) is 11.0. The van der Waals surface area contributed by atoms with Crippen molar-refractivity contribution in [2.45, 2.75) is 52.6 Å². The number of nitrogens with one attached hydrogen (secondary N) is 1. The van der Waals surface area contributed by atoms with Crippen molar-refractivity contribution in [3.8, 4) is 0 Å². The summed E-state index contributed by atoms with van der Waals surface area (Å²) >= 11 is 0. The van der Waals surface area contributed by atoms with Crippen LogP contribution in [0, 0.1) is 5.41 Å². The summed E-state index contributed by atoms with van der Waals surface area (Å²) in [4.78, 5) is 0. The topological polar surface area (TPSA) is 29.1 Å². The third kappa shape index (κ3) is 2.80. The second-order valence-electron chi connectivity index (χ2n) is 5.67. The third-order valence-corrected chi connectivity index (χ3v) is 5.04. The lowest BCUT2D eigenvalue weighted by molar-refractivity contribution is 0.203. The first-order valence-electron chi connectivity index (χ1n) is 5.39. The van der Waals surface area contributed by atoms with Gasteiger partial charge in [-0.3, -0.25) is 4.21 Å². The van der Waals surface area contributed by atoms with Gasteiger partial charge in [-0.05, 0) is 25.7 Å². The van der Waals surface area contributed by atoms with Gasteiger partial charge in [-0.2, -0.15) is 0 Å². The van der Waals surface area contributed by atoms with Gasteiger partial charge in [0.15, 0.2) is 0 Å². The van der Waals surface area contributed by atoms with E-state index in [1.807, 2.05) is 0 Å². The summed E-state index contributed by atoms with van der Waals surface area (Å²) in [6.07, 6.45) is 1.12. The summed E-state index contributed by atoms with van der Waals surface area (Å²) in [6, 6.07) is 0.386. The Kier molecular flexibility index (Phi) is 3.42. The first-order chi connectivity index (χ1) is 6.27. The fourth-order valence-corrected chi connectivity index (χ4v) is 3.78. The van der Waals surface area contributed by atoms with Crippen LogP contribution < -0.4 is 5.32 Å². The summed E-state index contributed by atoms with van der Waals surface area (Å²) in [5.41, 5.74) is 0.271. The molecule has 0 amide bonds. The summed E-state index contributed by atoms with van der Waals surface area (Å²) < 4.78 is 11.7. The molecule has 1 aliphatic rings. The molecule has 84 valence electrons. The normalized spacial score (nSPS) is 32.9. The minimum Gasteiger partial charge on any atom is -0.307 e. The molecule has 1 N–H and O–H groups in total. The van der Waals surface area contributed by atoms with Gasteiger partial charge in [0.25, 0.3) is 0 Å². The van der Waals surface area contributed by atoms with E-state index in [0.29, 0.717) is 6.04 Å². The monoisotopic (exact) mass is 217 g/mol. The van der Waals surface area contributed by atoms with Crippen molar-refractivity contribution in [2.75, 3.05) is 11.5 Å². The van der Waals surface area contributed by atoms with Gasteiger partial charge in [0.2, 0.25) is 0 Å². The van der Waals surface area contributed by atoms with Gasteiger partial charge in [-0.15, -0.1) is 0 Å². The lowest BCUT2D eigenvalue weighted by atomic mass is 9.81. The molecule has 1 aliphatic heterocycles. The summed E-state index contributed by atoms with van der Waals surface area (Å²) in [6.45, 7) is 11.0. The molecule has 0 aromatic carbocycles. The van der Waals surface area contributed by atoms with Crippen LogP contribution in [0.5, 0.6) is 0 Å².